The fraction of sp³-hybridized carbons (Fsp3) is 0.250. The van der Waals surface area contributed by atoms with Gasteiger partial charge in [-0.25, -0.2) is 0 Å². The fourth-order valence-corrected chi connectivity index (χ4v) is 4.99. The van der Waals surface area contributed by atoms with Gasteiger partial charge >= 0.3 is 144 Å². The van der Waals surface area contributed by atoms with Gasteiger partial charge in [0.05, 0.1) is 0 Å². The molecule has 2 rings (SSSR count). The number of aromatic nitrogens is 1. The van der Waals surface area contributed by atoms with E-state index >= 15 is 0 Å². The fourth-order valence-electron chi connectivity index (χ4n) is 2.05. The Kier molecular flexibility index (Phi) is 5.43. The van der Waals surface area contributed by atoms with E-state index in [1.165, 1.54) is 13.2 Å². The molecule has 8 heteroatoms. The van der Waals surface area contributed by atoms with Crippen molar-refractivity contribution in [3.8, 4) is 0 Å². The van der Waals surface area contributed by atoms with Gasteiger partial charge in [0, 0.05) is 0 Å². The molecular weight excluding hydrogens is 417 g/mol. The summed E-state index contributed by atoms with van der Waals surface area (Å²) in [5.74, 6) is -0.218. The molecule has 0 aliphatic carbocycles. The molecule has 0 amide bonds. The average Bonchev–Trinajstić information content (AvgIpc) is 2.53. The van der Waals surface area contributed by atoms with Gasteiger partial charge in [-0.3, -0.25) is 0 Å². The number of pyridine rings is 1. The first kappa shape index (κ1) is 18.2. The van der Waals surface area contributed by atoms with Crippen LogP contribution in [0.1, 0.15) is 10.4 Å². The van der Waals surface area contributed by atoms with Gasteiger partial charge < -0.3 is 0 Å². The molecule has 7 nitrogen and oxygen atoms in total. The Morgan fingerprint density at radius 1 is 1.17 bits per heavy atom. The van der Waals surface area contributed by atoms with Gasteiger partial charge in [0.15, 0.2) is 0 Å². The first-order valence-electron chi connectivity index (χ1n) is 7.33. The molecule has 0 saturated carbocycles. The number of nitro groups is 1. The molecule has 2 aromatic rings. The first-order chi connectivity index (χ1) is 11.2. The second-order valence-electron chi connectivity index (χ2n) is 6.27. The van der Waals surface area contributed by atoms with Crippen LogP contribution in [-0.4, -0.2) is 41.4 Å². The van der Waals surface area contributed by atoms with Crippen molar-refractivity contribution in [2.45, 2.75) is 14.8 Å². The minimum atomic E-state index is -2.45. The van der Waals surface area contributed by atoms with Crippen LogP contribution >= 0.6 is 0 Å². The number of carbonyl (C=O) groups excluding carboxylic acids is 1. The Labute approximate surface area is 144 Å². The Balaban J connectivity index is 2.36. The summed E-state index contributed by atoms with van der Waals surface area (Å²) < 4.78 is 5.59. The Bertz CT molecular complexity index is 770. The number of esters is 1. The molecule has 0 unspecified atom stereocenters. The van der Waals surface area contributed by atoms with Crippen LogP contribution in [0.3, 0.4) is 0 Å². The Morgan fingerprint density at radius 3 is 2.29 bits per heavy atom. The van der Waals surface area contributed by atoms with Crippen molar-refractivity contribution in [3.63, 3.8) is 0 Å². The predicted molar refractivity (Wildman–Crippen MR) is 94.9 cm³/mol. The van der Waals surface area contributed by atoms with Gasteiger partial charge in [0.25, 0.3) is 0 Å². The van der Waals surface area contributed by atoms with Crippen molar-refractivity contribution in [3.05, 3.63) is 52.1 Å². The van der Waals surface area contributed by atoms with Crippen molar-refractivity contribution >= 4 is 45.2 Å². The minimum absolute atomic E-state index is 0.0775. The summed E-state index contributed by atoms with van der Waals surface area (Å²) in [4.78, 5) is 33.3. The number of nitrogens with zero attached hydrogens (tertiary/aromatic N) is 2. The van der Waals surface area contributed by atoms with Crippen molar-refractivity contribution < 1.29 is 14.5 Å². The van der Waals surface area contributed by atoms with E-state index in [0.717, 1.165) is 3.71 Å². The molecule has 0 radical (unpaired) electrons. The van der Waals surface area contributed by atoms with E-state index in [1.54, 1.807) is 30.3 Å². The third-order valence-electron chi connectivity index (χ3n) is 3.41. The summed E-state index contributed by atoms with van der Waals surface area (Å²) in [6.07, 6.45) is 0. The van der Waals surface area contributed by atoms with Crippen LogP contribution in [0.25, 0.3) is 0 Å². The predicted octanol–water partition coefficient (Wildman–Crippen LogP) is 3.07. The van der Waals surface area contributed by atoms with Crippen molar-refractivity contribution in [1.82, 2.24) is 4.98 Å². The second-order valence-corrected chi connectivity index (χ2v) is 20.6. The van der Waals surface area contributed by atoms with Crippen molar-refractivity contribution in [2.24, 2.45) is 0 Å². The van der Waals surface area contributed by atoms with Gasteiger partial charge in [-0.2, -0.15) is 0 Å². The summed E-state index contributed by atoms with van der Waals surface area (Å²) in [5.41, 5.74) is 0.941. The molecule has 0 bridgehead atoms. The SMILES string of the molecule is COC(=O)c1ccc(Nc2n[c]([Sn]([CH3])([CH3])[CH3])ccc2[N+](=O)[O-])cc1. The maximum absolute atomic E-state index is 11.4. The molecule has 0 saturated heterocycles. The summed E-state index contributed by atoms with van der Waals surface area (Å²) in [5, 5.41) is 14.2. The van der Waals surface area contributed by atoms with Crippen LogP contribution in [0.4, 0.5) is 17.2 Å². The molecule has 126 valence electrons. The standard InChI is InChI=1S/C13H10N3O4.3CH3.Sn/c1-20-13(17)9-4-6-10(7-5-9)15-12-11(16(18)19)3-2-8-14-12;;;;/h2-7H,1H3,(H,14,15);3*1H3;. The van der Waals surface area contributed by atoms with Crippen LogP contribution < -0.4 is 9.03 Å². The second kappa shape index (κ2) is 7.16. The Morgan fingerprint density at radius 2 is 1.79 bits per heavy atom. The first-order valence-corrected chi connectivity index (χ1v) is 17.3. The zero-order chi connectivity index (χ0) is 17.9. The number of hydrogen-bond donors (Lipinski definition) is 1. The quantitative estimate of drug-likeness (QED) is 0.335. The number of rotatable bonds is 5. The molecule has 0 aliphatic heterocycles. The number of benzene rings is 1. The van der Waals surface area contributed by atoms with E-state index in [9.17, 15) is 14.9 Å². The number of nitrogens with one attached hydrogen (secondary N) is 1. The zero-order valence-corrected chi connectivity index (χ0v) is 16.8. The van der Waals surface area contributed by atoms with Crippen LogP contribution in [0.5, 0.6) is 0 Å². The molecule has 1 aromatic carbocycles. The van der Waals surface area contributed by atoms with Gasteiger partial charge in [0.2, 0.25) is 0 Å². The van der Waals surface area contributed by atoms with Crippen molar-refractivity contribution in [2.75, 3.05) is 12.4 Å². The third kappa shape index (κ3) is 4.22. The molecule has 0 aliphatic rings. The summed E-state index contributed by atoms with van der Waals surface area (Å²) in [6.45, 7) is 0. The average molecular weight is 436 g/mol. The normalized spacial score (nSPS) is 11.0. The molecular formula is C16H19N3O4Sn. The molecule has 1 aromatic heterocycles. The number of hydrogen-bond acceptors (Lipinski definition) is 6. The van der Waals surface area contributed by atoms with Crippen LogP contribution in [0.15, 0.2) is 36.4 Å². The van der Waals surface area contributed by atoms with Gasteiger partial charge in [-0.15, -0.1) is 0 Å². The van der Waals surface area contributed by atoms with Gasteiger partial charge in [0.1, 0.15) is 0 Å². The van der Waals surface area contributed by atoms with E-state index in [-0.39, 0.29) is 11.5 Å². The molecule has 24 heavy (non-hydrogen) atoms. The van der Waals surface area contributed by atoms with E-state index in [2.05, 4.69) is 29.9 Å². The molecule has 1 heterocycles. The summed E-state index contributed by atoms with van der Waals surface area (Å²) >= 11 is -2.45. The van der Waals surface area contributed by atoms with Crippen LogP contribution in [0.2, 0.25) is 14.8 Å². The Hall–Kier alpha value is -2.16. The number of methoxy groups -OCH3 is 1. The van der Waals surface area contributed by atoms with Crippen LogP contribution in [0, 0.1) is 10.1 Å². The zero-order valence-electron chi connectivity index (χ0n) is 14.0. The summed E-state index contributed by atoms with van der Waals surface area (Å²) in [6, 6.07) is 9.74. The van der Waals surface area contributed by atoms with Gasteiger partial charge in [-0.05, 0) is 0 Å². The number of ether oxygens (including phenoxy) is 1. The summed E-state index contributed by atoms with van der Waals surface area (Å²) in [7, 11) is 1.31. The van der Waals surface area contributed by atoms with E-state index in [1.807, 2.05) is 0 Å². The third-order valence-corrected chi connectivity index (χ3v) is 8.59. The van der Waals surface area contributed by atoms with E-state index < -0.39 is 29.3 Å². The van der Waals surface area contributed by atoms with Gasteiger partial charge in [-0.1, -0.05) is 0 Å². The van der Waals surface area contributed by atoms with Crippen LogP contribution in [-0.2, 0) is 4.74 Å². The monoisotopic (exact) mass is 437 g/mol. The van der Waals surface area contributed by atoms with E-state index in [0.29, 0.717) is 11.3 Å². The number of carbonyl (C=O) groups is 1. The van der Waals surface area contributed by atoms with E-state index in [4.69, 9.17) is 0 Å². The molecule has 0 atom stereocenters. The molecule has 0 spiro atoms. The molecule has 1 N–H and O–H groups in total. The molecule has 0 fully saturated rings. The topological polar surface area (TPSA) is 94.4 Å². The number of anilines is 2. The van der Waals surface area contributed by atoms with Crippen molar-refractivity contribution in [1.29, 1.82) is 0 Å². The maximum atomic E-state index is 11.4.